The van der Waals surface area contributed by atoms with Crippen LogP contribution >= 0.6 is 0 Å². The van der Waals surface area contributed by atoms with Crippen LogP contribution < -0.4 is 4.90 Å². The van der Waals surface area contributed by atoms with Crippen LogP contribution in [0.3, 0.4) is 0 Å². The molecule has 0 saturated heterocycles. The first-order chi connectivity index (χ1) is 29.7. The number of hydrogen-bond donors (Lipinski definition) is 0. The van der Waals surface area contributed by atoms with Gasteiger partial charge in [-0.2, -0.15) is 0 Å². The third-order valence-electron chi connectivity index (χ3n) is 12.2. The molecule has 60 heavy (non-hydrogen) atoms. The summed E-state index contributed by atoms with van der Waals surface area (Å²) in [5.41, 5.74) is 12.1. The fraction of sp³-hybridized carbons (Fsp3) is 0. The minimum Gasteiger partial charge on any atom is -0.456 e. The van der Waals surface area contributed by atoms with Crippen molar-refractivity contribution in [1.82, 2.24) is 0 Å². The predicted molar refractivity (Wildman–Crippen MR) is 255 cm³/mol. The summed E-state index contributed by atoms with van der Waals surface area (Å²) in [5, 5.41) is 12.5. The number of anilines is 3. The number of benzene rings is 11. The molecule has 12 aromatic rings. The maximum Gasteiger partial charge on any atom is 0.136 e. The largest absolute Gasteiger partial charge is 0.456 e. The maximum atomic E-state index is 6.25. The maximum absolute atomic E-state index is 6.25. The van der Waals surface area contributed by atoms with E-state index < -0.39 is 0 Å². The highest BCUT2D eigenvalue weighted by Gasteiger charge is 2.16. The van der Waals surface area contributed by atoms with Crippen molar-refractivity contribution in [3.05, 3.63) is 224 Å². The summed E-state index contributed by atoms with van der Waals surface area (Å²) in [7, 11) is 0. The Bertz CT molecular complexity index is 3560. The topological polar surface area (TPSA) is 16.4 Å². The summed E-state index contributed by atoms with van der Waals surface area (Å²) in [4.78, 5) is 2.36. The Balaban J connectivity index is 0.949. The minimum absolute atomic E-state index is 0.901. The van der Waals surface area contributed by atoms with Gasteiger partial charge in [0.2, 0.25) is 0 Å². The van der Waals surface area contributed by atoms with Crippen molar-refractivity contribution in [3.8, 4) is 33.4 Å². The predicted octanol–water partition coefficient (Wildman–Crippen LogP) is 16.7. The third kappa shape index (κ3) is 5.73. The van der Waals surface area contributed by atoms with E-state index in [1.807, 2.05) is 12.1 Å². The van der Waals surface area contributed by atoms with E-state index in [0.717, 1.165) is 50.1 Å². The zero-order valence-corrected chi connectivity index (χ0v) is 32.7. The molecular weight excluding hydrogens is 727 g/mol. The molecule has 2 heteroatoms. The van der Waals surface area contributed by atoms with Crippen LogP contribution in [0.15, 0.2) is 229 Å². The van der Waals surface area contributed by atoms with Gasteiger partial charge in [0.1, 0.15) is 11.2 Å². The Morgan fingerprint density at radius 3 is 1.38 bits per heavy atom. The summed E-state index contributed by atoms with van der Waals surface area (Å²) in [5.74, 6) is 0. The van der Waals surface area contributed by atoms with E-state index in [2.05, 4.69) is 217 Å². The third-order valence-corrected chi connectivity index (χ3v) is 12.2. The molecule has 11 aromatic carbocycles. The number of para-hydroxylation sites is 1. The van der Waals surface area contributed by atoms with Crippen molar-refractivity contribution in [1.29, 1.82) is 0 Å². The summed E-state index contributed by atoms with van der Waals surface area (Å²) >= 11 is 0. The molecule has 0 saturated carbocycles. The van der Waals surface area contributed by atoms with Gasteiger partial charge >= 0.3 is 0 Å². The lowest BCUT2D eigenvalue weighted by Gasteiger charge is -2.26. The summed E-state index contributed by atoms with van der Waals surface area (Å²) in [6, 6.07) is 81.3. The van der Waals surface area contributed by atoms with Gasteiger partial charge in [0.15, 0.2) is 0 Å². The molecule has 0 bridgehead atoms. The molecule has 0 atom stereocenters. The lowest BCUT2D eigenvalue weighted by Crippen LogP contribution is -2.10. The monoisotopic (exact) mass is 763 g/mol. The van der Waals surface area contributed by atoms with Crippen LogP contribution in [0.5, 0.6) is 0 Å². The van der Waals surface area contributed by atoms with Gasteiger partial charge in [-0.15, -0.1) is 0 Å². The fourth-order valence-electron chi connectivity index (χ4n) is 9.24. The van der Waals surface area contributed by atoms with Crippen molar-refractivity contribution in [3.63, 3.8) is 0 Å². The van der Waals surface area contributed by atoms with E-state index in [0.29, 0.717) is 0 Å². The van der Waals surface area contributed by atoms with Crippen LogP contribution in [0, 0.1) is 0 Å². The van der Waals surface area contributed by atoms with Crippen molar-refractivity contribution in [2.24, 2.45) is 0 Å². The normalized spacial score (nSPS) is 11.7. The van der Waals surface area contributed by atoms with Gasteiger partial charge in [0, 0.05) is 27.8 Å². The van der Waals surface area contributed by atoms with Gasteiger partial charge in [-0.1, -0.05) is 158 Å². The number of furan rings is 1. The standard InChI is InChI=1S/C58H37NO/c1-2-11-41-34-43(21-20-38(41)10-1)42-12-9-13-48(35-42)59(47-30-24-40(25-31-47)45-27-33-55-54-18-7-8-19-57(54)60-58(55)37-45)46-28-22-39(23-29-46)44-26-32-53-51-16-4-3-14-49(51)50-15-5-6-17-52(50)56(53)36-44/h1-37H. The minimum atomic E-state index is 0.901. The van der Waals surface area contributed by atoms with E-state index in [-0.39, 0.29) is 0 Å². The Morgan fingerprint density at radius 1 is 0.233 bits per heavy atom. The van der Waals surface area contributed by atoms with Crippen LogP contribution in [-0.4, -0.2) is 0 Å². The fourth-order valence-corrected chi connectivity index (χ4v) is 9.24. The SMILES string of the molecule is c1cc(-c2ccc3ccccc3c2)cc(N(c2ccc(-c3ccc4c(c3)oc3ccccc34)cc2)c2ccc(-c3ccc4c5ccccc5c5ccccc5c4c3)cc2)c1. The number of rotatable bonds is 6. The molecular formula is C58H37NO. The van der Waals surface area contributed by atoms with Crippen LogP contribution in [0.1, 0.15) is 0 Å². The summed E-state index contributed by atoms with van der Waals surface area (Å²) in [6.45, 7) is 0. The zero-order valence-electron chi connectivity index (χ0n) is 32.7. The summed E-state index contributed by atoms with van der Waals surface area (Å²) in [6.07, 6.45) is 0. The van der Waals surface area contributed by atoms with Crippen LogP contribution in [-0.2, 0) is 0 Å². The van der Waals surface area contributed by atoms with Gasteiger partial charge in [0.25, 0.3) is 0 Å². The molecule has 0 unspecified atom stereocenters. The highest BCUT2D eigenvalue weighted by atomic mass is 16.3. The molecule has 0 amide bonds. The van der Waals surface area contributed by atoms with Gasteiger partial charge in [-0.25, -0.2) is 0 Å². The van der Waals surface area contributed by atoms with E-state index in [4.69, 9.17) is 4.42 Å². The second kappa shape index (κ2) is 13.9. The molecule has 0 N–H and O–H groups in total. The van der Waals surface area contributed by atoms with Crippen LogP contribution in [0.2, 0.25) is 0 Å². The molecule has 280 valence electrons. The number of hydrogen-bond acceptors (Lipinski definition) is 2. The van der Waals surface area contributed by atoms with Crippen LogP contribution in [0.4, 0.5) is 17.1 Å². The molecule has 1 aromatic heterocycles. The van der Waals surface area contributed by atoms with Crippen molar-refractivity contribution in [2.45, 2.75) is 0 Å². The van der Waals surface area contributed by atoms with E-state index in [1.165, 1.54) is 65.3 Å². The molecule has 0 radical (unpaired) electrons. The summed E-state index contributed by atoms with van der Waals surface area (Å²) < 4.78 is 6.25. The van der Waals surface area contributed by atoms with E-state index in [9.17, 15) is 0 Å². The second-order valence-corrected chi connectivity index (χ2v) is 15.7. The molecule has 2 nitrogen and oxygen atoms in total. The number of fused-ring (bicyclic) bond motifs is 10. The molecule has 0 aliphatic heterocycles. The molecule has 0 aliphatic carbocycles. The van der Waals surface area contributed by atoms with E-state index in [1.54, 1.807) is 0 Å². The molecule has 0 fully saturated rings. The van der Waals surface area contributed by atoms with Gasteiger partial charge in [0.05, 0.1) is 0 Å². The van der Waals surface area contributed by atoms with E-state index >= 15 is 0 Å². The molecule has 1 heterocycles. The average Bonchev–Trinajstić information content (AvgIpc) is 3.70. The second-order valence-electron chi connectivity index (χ2n) is 15.7. The smallest absolute Gasteiger partial charge is 0.136 e. The van der Waals surface area contributed by atoms with Gasteiger partial charge in [-0.05, 0) is 143 Å². The first-order valence-corrected chi connectivity index (χ1v) is 20.6. The van der Waals surface area contributed by atoms with Gasteiger partial charge < -0.3 is 9.32 Å². The van der Waals surface area contributed by atoms with Crippen molar-refractivity contribution in [2.75, 3.05) is 4.90 Å². The molecule has 12 rings (SSSR count). The van der Waals surface area contributed by atoms with Crippen molar-refractivity contribution < 1.29 is 4.42 Å². The number of nitrogens with zero attached hydrogens (tertiary/aromatic N) is 1. The Labute approximate surface area is 347 Å². The lowest BCUT2D eigenvalue weighted by molar-refractivity contribution is 0.669. The average molecular weight is 764 g/mol. The highest BCUT2D eigenvalue weighted by Crippen LogP contribution is 2.41. The molecule has 0 aliphatic rings. The Morgan fingerprint density at radius 2 is 0.700 bits per heavy atom. The first-order valence-electron chi connectivity index (χ1n) is 20.6. The zero-order chi connectivity index (χ0) is 39.6. The molecule has 0 spiro atoms. The quantitative estimate of drug-likeness (QED) is 0.157. The lowest BCUT2D eigenvalue weighted by atomic mass is 9.92. The Hall–Kier alpha value is -7.94. The Kier molecular flexibility index (Phi) is 7.89. The first kappa shape index (κ1) is 34.1. The van der Waals surface area contributed by atoms with Crippen LogP contribution in [0.25, 0.3) is 98.4 Å². The van der Waals surface area contributed by atoms with Gasteiger partial charge in [-0.3, -0.25) is 0 Å². The highest BCUT2D eigenvalue weighted by molar-refractivity contribution is 6.25. The van der Waals surface area contributed by atoms with Crippen molar-refractivity contribution >= 4 is 82.1 Å².